The molecule has 2 aromatic rings. The summed E-state index contributed by atoms with van der Waals surface area (Å²) in [5.41, 5.74) is 6.34. The second-order valence-corrected chi connectivity index (χ2v) is 3.83. The van der Waals surface area contributed by atoms with Gasteiger partial charge in [0.05, 0.1) is 22.3 Å². The van der Waals surface area contributed by atoms with Crippen LogP contribution < -0.4 is 15.2 Å². The van der Waals surface area contributed by atoms with Gasteiger partial charge in [0.1, 0.15) is 5.75 Å². The molecule has 0 radical (unpaired) electrons. The predicted octanol–water partition coefficient (Wildman–Crippen LogP) is 2.01. The average molecular weight is 255 g/mol. The molecule has 0 fully saturated rings. The number of hydrogen-bond donors (Lipinski definition) is 2. The molecule has 0 bridgehead atoms. The van der Waals surface area contributed by atoms with Crippen molar-refractivity contribution in [1.29, 1.82) is 0 Å². The highest BCUT2D eigenvalue weighted by molar-refractivity contribution is 6.33. The smallest absolute Gasteiger partial charge is 0.231 e. The second-order valence-electron chi connectivity index (χ2n) is 3.42. The number of nitrogen functional groups attached to an aromatic ring is 1. The molecule has 3 N–H and O–H groups in total. The van der Waals surface area contributed by atoms with E-state index in [2.05, 4.69) is 5.16 Å². The fourth-order valence-electron chi connectivity index (χ4n) is 1.69. The van der Waals surface area contributed by atoms with Crippen molar-refractivity contribution in [1.82, 2.24) is 5.16 Å². The van der Waals surface area contributed by atoms with E-state index < -0.39 is 0 Å². The Bertz CT molecular complexity index is 596. The lowest BCUT2D eigenvalue weighted by Gasteiger charge is -2.08. The van der Waals surface area contributed by atoms with Crippen LogP contribution in [0.25, 0.3) is 11.1 Å². The number of hydrogen-bond acceptors (Lipinski definition) is 6. The van der Waals surface area contributed by atoms with Crippen molar-refractivity contribution in [3.8, 4) is 28.4 Å². The van der Waals surface area contributed by atoms with Gasteiger partial charge in [-0.25, -0.2) is 0 Å². The van der Waals surface area contributed by atoms with Crippen LogP contribution in [-0.2, 0) is 0 Å². The maximum atomic E-state index is 9.97. The summed E-state index contributed by atoms with van der Waals surface area (Å²) < 4.78 is 15.2. The third-order valence-corrected chi connectivity index (χ3v) is 2.75. The van der Waals surface area contributed by atoms with Crippen molar-refractivity contribution < 1.29 is 19.1 Å². The van der Waals surface area contributed by atoms with Crippen LogP contribution in [0.15, 0.2) is 16.8 Å². The first-order valence-electron chi connectivity index (χ1n) is 4.70. The van der Waals surface area contributed by atoms with Crippen LogP contribution in [-0.4, -0.2) is 17.1 Å². The number of halogens is 1. The fraction of sp³-hybridized carbons (Fsp3) is 0.100. The summed E-state index contributed by atoms with van der Waals surface area (Å²) in [6.07, 6.45) is 1.38. The highest BCUT2D eigenvalue weighted by Crippen LogP contribution is 2.51. The maximum Gasteiger partial charge on any atom is 0.231 e. The summed E-state index contributed by atoms with van der Waals surface area (Å²) in [6.45, 7) is 0.0628. The number of fused-ring (bicyclic) bond motifs is 1. The van der Waals surface area contributed by atoms with Crippen LogP contribution in [0.4, 0.5) is 5.88 Å². The van der Waals surface area contributed by atoms with E-state index in [0.717, 1.165) is 0 Å². The first kappa shape index (κ1) is 10.1. The molecule has 0 spiro atoms. The SMILES string of the molecule is Nc1oncc1-c1c(O)c(Cl)cc2c1OCO2. The minimum absolute atomic E-state index is 0.0628. The molecular formula is C10H7ClN2O4. The van der Waals surface area contributed by atoms with Gasteiger partial charge in [0.15, 0.2) is 11.5 Å². The Hall–Kier alpha value is -2.08. The zero-order valence-corrected chi connectivity index (χ0v) is 9.19. The molecule has 7 heteroatoms. The highest BCUT2D eigenvalue weighted by atomic mass is 35.5. The number of ether oxygens (including phenoxy) is 2. The molecule has 6 nitrogen and oxygen atoms in total. The summed E-state index contributed by atoms with van der Waals surface area (Å²) >= 11 is 5.89. The Morgan fingerprint density at radius 1 is 1.41 bits per heavy atom. The van der Waals surface area contributed by atoms with Gasteiger partial charge in [-0.05, 0) is 0 Å². The van der Waals surface area contributed by atoms with E-state index in [4.69, 9.17) is 31.3 Å². The Morgan fingerprint density at radius 3 is 2.94 bits per heavy atom. The molecule has 0 aliphatic carbocycles. The van der Waals surface area contributed by atoms with Crippen LogP contribution in [0.3, 0.4) is 0 Å². The molecule has 17 heavy (non-hydrogen) atoms. The third kappa shape index (κ3) is 1.38. The Balaban J connectivity index is 2.33. The molecular weight excluding hydrogens is 248 g/mol. The average Bonchev–Trinajstić information content (AvgIpc) is 2.89. The van der Waals surface area contributed by atoms with Gasteiger partial charge < -0.3 is 24.8 Å². The van der Waals surface area contributed by atoms with E-state index in [1.165, 1.54) is 12.3 Å². The summed E-state index contributed by atoms with van der Waals surface area (Å²) in [5.74, 6) is 0.747. The lowest BCUT2D eigenvalue weighted by atomic mass is 10.1. The normalized spacial score (nSPS) is 13.0. The van der Waals surface area contributed by atoms with Crippen LogP contribution >= 0.6 is 11.6 Å². The number of aromatic nitrogens is 1. The monoisotopic (exact) mass is 254 g/mol. The molecule has 3 rings (SSSR count). The number of rotatable bonds is 1. The first-order valence-corrected chi connectivity index (χ1v) is 5.08. The van der Waals surface area contributed by atoms with Crippen LogP contribution in [0.5, 0.6) is 17.2 Å². The Kier molecular flexibility index (Phi) is 2.05. The number of benzene rings is 1. The van der Waals surface area contributed by atoms with E-state index in [0.29, 0.717) is 22.6 Å². The maximum absolute atomic E-state index is 9.97. The van der Waals surface area contributed by atoms with Gasteiger partial charge in [0, 0.05) is 6.07 Å². The van der Waals surface area contributed by atoms with E-state index in [1.54, 1.807) is 0 Å². The summed E-state index contributed by atoms with van der Waals surface area (Å²) in [4.78, 5) is 0. The van der Waals surface area contributed by atoms with E-state index >= 15 is 0 Å². The molecule has 2 heterocycles. The van der Waals surface area contributed by atoms with Gasteiger partial charge in [-0.3, -0.25) is 0 Å². The minimum Gasteiger partial charge on any atom is -0.506 e. The van der Waals surface area contributed by atoms with Crippen molar-refractivity contribution in [2.75, 3.05) is 12.5 Å². The minimum atomic E-state index is -0.147. The zero-order valence-electron chi connectivity index (χ0n) is 8.44. The van der Waals surface area contributed by atoms with Gasteiger partial charge in [-0.1, -0.05) is 16.8 Å². The number of nitrogens with zero attached hydrogens (tertiary/aromatic N) is 1. The Labute approximate surface area is 100 Å². The lowest BCUT2D eigenvalue weighted by molar-refractivity contribution is 0.174. The molecule has 88 valence electrons. The highest BCUT2D eigenvalue weighted by Gasteiger charge is 2.27. The lowest BCUT2D eigenvalue weighted by Crippen LogP contribution is -1.94. The number of anilines is 1. The summed E-state index contributed by atoms with van der Waals surface area (Å²) in [5, 5.41) is 13.7. The van der Waals surface area contributed by atoms with Crippen LogP contribution in [0, 0.1) is 0 Å². The molecule has 0 saturated carbocycles. The van der Waals surface area contributed by atoms with E-state index in [1.807, 2.05) is 0 Å². The van der Waals surface area contributed by atoms with Crippen LogP contribution in [0.2, 0.25) is 5.02 Å². The molecule has 1 aliphatic heterocycles. The fourth-order valence-corrected chi connectivity index (χ4v) is 1.88. The number of phenolic OH excluding ortho intramolecular Hbond substituents is 1. The number of phenols is 1. The first-order chi connectivity index (χ1) is 8.18. The van der Waals surface area contributed by atoms with E-state index in [-0.39, 0.29) is 23.4 Å². The van der Waals surface area contributed by atoms with Crippen molar-refractivity contribution in [3.63, 3.8) is 0 Å². The molecule has 1 aromatic carbocycles. The Morgan fingerprint density at radius 2 is 2.24 bits per heavy atom. The molecule has 0 unspecified atom stereocenters. The van der Waals surface area contributed by atoms with Gasteiger partial charge in [0.2, 0.25) is 12.7 Å². The largest absolute Gasteiger partial charge is 0.506 e. The quantitative estimate of drug-likeness (QED) is 0.809. The molecule has 0 saturated heterocycles. The molecule has 0 atom stereocenters. The third-order valence-electron chi connectivity index (χ3n) is 2.46. The number of aromatic hydroxyl groups is 1. The standard InChI is InChI=1S/C10H7ClN2O4/c11-5-1-6-9(16-3-15-6)7(8(5)14)4-2-13-17-10(4)12/h1-2,14H,3,12H2. The van der Waals surface area contributed by atoms with Crippen molar-refractivity contribution >= 4 is 17.5 Å². The zero-order chi connectivity index (χ0) is 12.0. The number of nitrogens with two attached hydrogens (primary N) is 1. The molecule has 1 aliphatic rings. The van der Waals surface area contributed by atoms with Crippen molar-refractivity contribution in [2.45, 2.75) is 0 Å². The van der Waals surface area contributed by atoms with Crippen molar-refractivity contribution in [3.05, 3.63) is 17.3 Å². The summed E-state index contributed by atoms with van der Waals surface area (Å²) in [7, 11) is 0. The van der Waals surface area contributed by atoms with Gasteiger partial charge in [-0.15, -0.1) is 0 Å². The predicted molar refractivity (Wildman–Crippen MR) is 59.1 cm³/mol. The summed E-state index contributed by atoms with van der Waals surface area (Å²) in [6, 6.07) is 1.48. The second kappa shape index (κ2) is 3.46. The van der Waals surface area contributed by atoms with Gasteiger partial charge in [0.25, 0.3) is 0 Å². The molecule has 0 amide bonds. The van der Waals surface area contributed by atoms with Crippen molar-refractivity contribution in [2.24, 2.45) is 0 Å². The van der Waals surface area contributed by atoms with Gasteiger partial charge in [-0.2, -0.15) is 0 Å². The van der Waals surface area contributed by atoms with Crippen LogP contribution in [0.1, 0.15) is 0 Å². The van der Waals surface area contributed by atoms with E-state index in [9.17, 15) is 5.11 Å². The topological polar surface area (TPSA) is 90.7 Å². The molecule has 1 aromatic heterocycles. The van der Waals surface area contributed by atoms with Gasteiger partial charge >= 0.3 is 0 Å².